The van der Waals surface area contributed by atoms with Gasteiger partial charge in [0.25, 0.3) is 0 Å². The number of hydrogen-bond donors (Lipinski definition) is 1. The number of nitrogens with zero attached hydrogens (tertiary/aromatic N) is 1. The van der Waals surface area contributed by atoms with Crippen molar-refractivity contribution in [3.63, 3.8) is 0 Å². The Balaban J connectivity index is 2.14. The van der Waals surface area contributed by atoms with E-state index in [1.165, 1.54) is 0 Å². The zero-order chi connectivity index (χ0) is 13.0. The highest BCUT2D eigenvalue weighted by atomic mass is 79.9. The van der Waals surface area contributed by atoms with Crippen LogP contribution in [0.1, 0.15) is 5.56 Å². The third-order valence-electron chi connectivity index (χ3n) is 2.44. The average molecular weight is 328 g/mol. The van der Waals surface area contributed by atoms with E-state index in [0.29, 0.717) is 17.4 Å². The summed E-state index contributed by atoms with van der Waals surface area (Å²) in [5, 5.41) is 3.99. The molecule has 2 rings (SSSR count). The number of benzene rings is 1. The fourth-order valence-corrected chi connectivity index (χ4v) is 2.12. The van der Waals surface area contributed by atoms with Crippen molar-refractivity contribution in [2.75, 3.05) is 12.4 Å². The van der Waals surface area contributed by atoms with E-state index < -0.39 is 0 Å². The molecule has 0 unspecified atom stereocenters. The van der Waals surface area contributed by atoms with E-state index in [1.54, 1.807) is 13.3 Å². The summed E-state index contributed by atoms with van der Waals surface area (Å²) in [4.78, 5) is 4.15. The summed E-state index contributed by atoms with van der Waals surface area (Å²) in [6, 6.07) is 9.46. The van der Waals surface area contributed by atoms with E-state index in [9.17, 15) is 0 Å². The smallest absolute Gasteiger partial charge is 0.218 e. The van der Waals surface area contributed by atoms with Crippen LogP contribution in [0.4, 0.5) is 5.69 Å². The van der Waals surface area contributed by atoms with Crippen molar-refractivity contribution in [3.8, 4) is 5.88 Å². The predicted molar refractivity (Wildman–Crippen MR) is 77.3 cm³/mol. The van der Waals surface area contributed by atoms with Crippen molar-refractivity contribution >= 4 is 33.2 Å². The fourth-order valence-electron chi connectivity index (χ4n) is 1.57. The molecule has 3 nitrogen and oxygen atoms in total. The molecule has 0 aliphatic carbocycles. The largest absolute Gasteiger partial charge is 0.481 e. The van der Waals surface area contributed by atoms with E-state index >= 15 is 0 Å². The van der Waals surface area contributed by atoms with Crippen LogP contribution in [-0.2, 0) is 6.54 Å². The molecule has 0 saturated heterocycles. The molecular weight excluding hydrogens is 316 g/mol. The Bertz CT molecular complexity index is 548. The zero-order valence-electron chi connectivity index (χ0n) is 9.78. The molecular formula is C13H12BrClN2O. The highest BCUT2D eigenvalue weighted by Crippen LogP contribution is 2.27. The SMILES string of the molecule is COc1ncccc1CNc1cc(Cl)ccc1Br. The monoisotopic (exact) mass is 326 g/mol. The second-order valence-electron chi connectivity index (χ2n) is 3.65. The number of ether oxygens (including phenoxy) is 1. The lowest BCUT2D eigenvalue weighted by Gasteiger charge is -2.11. The molecule has 1 aromatic carbocycles. The van der Waals surface area contributed by atoms with Crippen LogP contribution in [0.3, 0.4) is 0 Å². The maximum Gasteiger partial charge on any atom is 0.218 e. The zero-order valence-corrected chi connectivity index (χ0v) is 12.1. The van der Waals surface area contributed by atoms with Crippen LogP contribution in [0, 0.1) is 0 Å². The van der Waals surface area contributed by atoms with E-state index in [4.69, 9.17) is 16.3 Å². The van der Waals surface area contributed by atoms with Gasteiger partial charge in [0, 0.05) is 27.8 Å². The number of hydrogen-bond acceptors (Lipinski definition) is 3. The molecule has 0 spiro atoms. The van der Waals surface area contributed by atoms with Crippen molar-refractivity contribution in [2.45, 2.75) is 6.54 Å². The first-order valence-electron chi connectivity index (χ1n) is 5.37. The van der Waals surface area contributed by atoms with Crippen LogP contribution in [-0.4, -0.2) is 12.1 Å². The molecule has 0 saturated carbocycles. The molecule has 0 amide bonds. The normalized spacial score (nSPS) is 10.2. The van der Waals surface area contributed by atoms with Gasteiger partial charge in [-0.05, 0) is 40.2 Å². The Labute approximate surface area is 119 Å². The molecule has 1 aromatic heterocycles. The third-order valence-corrected chi connectivity index (χ3v) is 3.37. The molecule has 0 bridgehead atoms. The first kappa shape index (κ1) is 13.2. The van der Waals surface area contributed by atoms with Gasteiger partial charge in [0.15, 0.2) is 0 Å². The molecule has 0 fully saturated rings. The van der Waals surface area contributed by atoms with Gasteiger partial charge in [-0.1, -0.05) is 17.7 Å². The summed E-state index contributed by atoms with van der Waals surface area (Å²) >= 11 is 9.43. The highest BCUT2D eigenvalue weighted by molar-refractivity contribution is 9.10. The number of pyridine rings is 1. The second kappa shape index (κ2) is 6.07. The Morgan fingerprint density at radius 3 is 3.00 bits per heavy atom. The number of methoxy groups -OCH3 is 1. The van der Waals surface area contributed by atoms with Crippen molar-refractivity contribution in [1.82, 2.24) is 4.98 Å². The van der Waals surface area contributed by atoms with Gasteiger partial charge >= 0.3 is 0 Å². The minimum Gasteiger partial charge on any atom is -0.481 e. The van der Waals surface area contributed by atoms with Gasteiger partial charge in [0.1, 0.15) is 0 Å². The third kappa shape index (κ3) is 3.15. The lowest BCUT2D eigenvalue weighted by molar-refractivity contribution is 0.393. The molecule has 1 N–H and O–H groups in total. The fraction of sp³-hybridized carbons (Fsp3) is 0.154. The number of nitrogens with one attached hydrogen (secondary N) is 1. The Morgan fingerprint density at radius 1 is 1.39 bits per heavy atom. The lowest BCUT2D eigenvalue weighted by atomic mass is 10.2. The van der Waals surface area contributed by atoms with Gasteiger partial charge in [-0.3, -0.25) is 0 Å². The van der Waals surface area contributed by atoms with Gasteiger partial charge < -0.3 is 10.1 Å². The highest BCUT2D eigenvalue weighted by Gasteiger charge is 2.05. The Morgan fingerprint density at radius 2 is 2.22 bits per heavy atom. The molecule has 0 atom stereocenters. The van der Waals surface area contributed by atoms with Crippen LogP contribution in [0.15, 0.2) is 41.0 Å². The summed E-state index contributed by atoms with van der Waals surface area (Å²) in [5.74, 6) is 0.628. The molecule has 94 valence electrons. The first-order chi connectivity index (χ1) is 8.70. The number of halogens is 2. The van der Waals surface area contributed by atoms with E-state index in [2.05, 4.69) is 26.2 Å². The van der Waals surface area contributed by atoms with E-state index in [0.717, 1.165) is 15.7 Å². The summed E-state index contributed by atoms with van der Waals surface area (Å²) in [5.41, 5.74) is 1.93. The van der Waals surface area contributed by atoms with Gasteiger partial charge in [-0.2, -0.15) is 0 Å². The summed E-state index contributed by atoms with van der Waals surface area (Å²) in [6.45, 7) is 0.621. The first-order valence-corrected chi connectivity index (χ1v) is 6.54. The summed E-state index contributed by atoms with van der Waals surface area (Å²) in [7, 11) is 1.61. The molecule has 5 heteroatoms. The summed E-state index contributed by atoms with van der Waals surface area (Å²) < 4.78 is 6.17. The van der Waals surface area contributed by atoms with Crippen LogP contribution in [0.2, 0.25) is 5.02 Å². The maximum absolute atomic E-state index is 5.96. The Kier molecular flexibility index (Phi) is 4.44. The van der Waals surface area contributed by atoms with Gasteiger partial charge in [0.2, 0.25) is 5.88 Å². The van der Waals surface area contributed by atoms with Crippen LogP contribution in [0.5, 0.6) is 5.88 Å². The van der Waals surface area contributed by atoms with Crippen molar-refractivity contribution in [3.05, 3.63) is 51.6 Å². The van der Waals surface area contributed by atoms with Gasteiger partial charge in [-0.25, -0.2) is 4.98 Å². The van der Waals surface area contributed by atoms with Gasteiger partial charge in [0.05, 0.1) is 12.8 Å². The minimum atomic E-state index is 0.621. The van der Waals surface area contributed by atoms with Crippen LogP contribution < -0.4 is 10.1 Å². The topological polar surface area (TPSA) is 34.1 Å². The molecule has 0 radical (unpaired) electrons. The molecule has 0 aliphatic heterocycles. The van der Waals surface area contributed by atoms with Crippen molar-refractivity contribution < 1.29 is 4.74 Å². The number of aromatic nitrogens is 1. The lowest BCUT2D eigenvalue weighted by Crippen LogP contribution is -2.03. The Hall–Kier alpha value is -1.26. The maximum atomic E-state index is 5.96. The van der Waals surface area contributed by atoms with Gasteiger partial charge in [-0.15, -0.1) is 0 Å². The van der Waals surface area contributed by atoms with E-state index in [1.807, 2.05) is 30.3 Å². The quantitative estimate of drug-likeness (QED) is 0.917. The predicted octanol–water partition coefficient (Wildman–Crippen LogP) is 4.12. The molecule has 18 heavy (non-hydrogen) atoms. The second-order valence-corrected chi connectivity index (χ2v) is 4.94. The molecule has 1 heterocycles. The standard InChI is InChI=1S/C13H12BrClN2O/c1-18-13-9(3-2-6-16-13)8-17-12-7-10(15)4-5-11(12)14/h2-7,17H,8H2,1H3. The van der Waals surface area contributed by atoms with Crippen LogP contribution >= 0.6 is 27.5 Å². The molecule has 0 aliphatic rings. The minimum absolute atomic E-state index is 0.621. The van der Waals surface area contributed by atoms with Crippen LogP contribution in [0.25, 0.3) is 0 Å². The summed E-state index contributed by atoms with van der Waals surface area (Å²) in [6.07, 6.45) is 1.71. The number of rotatable bonds is 4. The number of anilines is 1. The van der Waals surface area contributed by atoms with Crippen molar-refractivity contribution in [2.24, 2.45) is 0 Å². The van der Waals surface area contributed by atoms with Crippen molar-refractivity contribution in [1.29, 1.82) is 0 Å². The van der Waals surface area contributed by atoms with E-state index in [-0.39, 0.29) is 0 Å². The molecule has 2 aromatic rings. The average Bonchev–Trinajstić information content (AvgIpc) is 2.40.